The van der Waals surface area contributed by atoms with Gasteiger partial charge >= 0.3 is 0 Å². The highest BCUT2D eigenvalue weighted by molar-refractivity contribution is 5.76. The minimum Gasteiger partial charge on any atom is -0.393 e. The maximum absolute atomic E-state index is 12.7. The van der Waals surface area contributed by atoms with Crippen molar-refractivity contribution in [2.45, 2.75) is 45.3 Å². The molecule has 4 heteroatoms. The molecule has 0 aromatic heterocycles. The van der Waals surface area contributed by atoms with Gasteiger partial charge in [-0.3, -0.25) is 4.79 Å². The third-order valence-electron chi connectivity index (χ3n) is 2.66. The normalized spacial score (nSPS) is 14.0. The Morgan fingerprint density at radius 2 is 1.94 bits per heavy atom. The summed E-state index contributed by atoms with van der Waals surface area (Å²) < 4.78 is 12.7. The standard InChI is InChI=1S/C14H20FNO2/c1-10(9-11(2)17)16-14(18)8-5-12-3-6-13(15)7-4-12/h3-4,6-7,10-11,17H,5,8-9H2,1-2H3,(H,16,18). The number of hydrogen-bond acceptors (Lipinski definition) is 2. The van der Waals surface area contributed by atoms with Gasteiger partial charge in [-0.25, -0.2) is 4.39 Å². The van der Waals surface area contributed by atoms with Gasteiger partial charge in [0, 0.05) is 12.5 Å². The predicted octanol–water partition coefficient (Wildman–Crippen LogP) is 2.03. The molecular weight excluding hydrogens is 233 g/mol. The molecule has 1 aromatic rings. The van der Waals surface area contributed by atoms with E-state index in [0.29, 0.717) is 19.3 Å². The van der Waals surface area contributed by atoms with Gasteiger partial charge in [0.2, 0.25) is 5.91 Å². The van der Waals surface area contributed by atoms with Crippen LogP contribution in [0.4, 0.5) is 4.39 Å². The van der Waals surface area contributed by atoms with E-state index in [-0.39, 0.29) is 17.8 Å². The molecule has 2 unspecified atom stereocenters. The molecule has 0 aliphatic heterocycles. The van der Waals surface area contributed by atoms with E-state index in [4.69, 9.17) is 0 Å². The number of aryl methyl sites for hydroxylation is 1. The van der Waals surface area contributed by atoms with Crippen molar-refractivity contribution < 1.29 is 14.3 Å². The van der Waals surface area contributed by atoms with Crippen molar-refractivity contribution in [2.75, 3.05) is 0 Å². The monoisotopic (exact) mass is 253 g/mol. The Balaban J connectivity index is 2.30. The third-order valence-corrected chi connectivity index (χ3v) is 2.66. The van der Waals surface area contributed by atoms with E-state index < -0.39 is 6.10 Å². The van der Waals surface area contributed by atoms with Crippen LogP contribution in [-0.2, 0) is 11.2 Å². The fourth-order valence-corrected chi connectivity index (χ4v) is 1.83. The van der Waals surface area contributed by atoms with Crippen molar-refractivity contribution in [3.63, 3.8) is 0 Å². The number of nitrogens with one attached hydrogen (secondary N) is 1. The molecule has 0 fully saturated rings. The molecule has 0 aliphatic carbocycles. The van der Waals surface area contributed by atoms with Gasteiger partial charge in [0.25, 0.3) is 0 Å². The second kappa shape index (κ2) is 7.11. The molecule has 0 saturated carbocycles. The lowest BCUT2D eigenvalue weighted by Crippen LogP contribution is -2.34. The molecular formula is C14H20FNO2. The van der Waals surface area contributed by atoms with Crippen molar-refractivity contribution in [2.24, 2.45) is 0 Å². The number of benzene rings is 1. The van der Waals surface area contributed by atoms with Crippen LogP contribution in [0, 0.1) is 5.82 Å². The highest BCUT2D eigenvalue weighted by Gasteiger charge is 2.09. The fraction of sp³-hybridized carbons (Fsp3) is 0.500. The molecule has 1 aromatic carbocycles. The van der Waals surface area contributed by atoms with Crippen LogP contribution in [-0.4, -0.2) is 23.2 Å². The van der Waals surface area contributed by atoms with Crippen LogP contribution in [0.2, 0.25) is 0 Å². The highest BCUT2D eigenvalue weighted by atomic mass is 19.1. The second-order valence-electron chi connectivity index (χ2n) is 4.68. The van der Waals surface area contributed by atoms with Gasteiger partial charge in [0.1, 0.15) is 5.82 Å². The first-order valence-corrected chi connectivity index (χ1v) is 6.19. The minimum atomic E-state index is -0.419. The van der Waals surface area contributed by atoms with Crippen LogP contribution in [0.3, 0.4) is 0 Å². The first kappa shape index (κ1) is 14.6. The molecule has 100 valence electrons. The van der Waals surface area contributed by atoms with E-state index >= 15 is 0 Å². The lowest BCUT2D eigenvalue weighted by molar-refractivity contribution is -0.121. The van der Waals surface area contributed by atoms with Crippen LogP contribution in [0.5, 0.6) is 0 Å². The number of carbonyl (C=O) groups excluding carboxylic acids is 1. The van der Waals surface area contributed by atoms with Crippen LogP contribution >= 0.6 is 0 Å². The Bertz CT molecular complexity index is 376. The number of hydrogen-bond donors (Lipinski definition) is 2. The van der Waals surface area contributed by atoms with Gasteiger partial charge in [-0.15, -0.1) is 0 Å². The molecule has 1 rings (SSSR count). The molecule has 2 atom stereocenters. The summed E-state index contributed by atoms with van der Waals surface area (Å²) in [6, 6.07) is 6.11. The van der Waals surface area contributed by atoms with Gasteiger partial charge in [0.15, 0.2) is 0 Å². The summed E-state index contributed by atoms with van der Waals surface area (Å²) in [7, 11) is 0. The Labute approximate surface area is 107 Å². The van der Waals surface area contributed by atoms with E-state index in [1.54, 1.807) is 19.1 Å². The van der Waals surface area contributed by atoms with Gasteiger partial charge in [-0.1, -0.05) is 12.1 Å². The molecule has 0 aliphatic rings. The summed E-state index contributed by atoms with van der Waals surface area (Å²) in [6.45, 7) is 3.56. The lowest BCUT2D eigenvalue weighted by atomic mass is 10.1. The molecule has 18 heavy (non-hydrogen) atoms. The van der Waals surface area contributed by atoms with E-state index in [9.17, 15) is 14.3 Å². The van der Waals surface area contributed by atoms with Crippen LogP contribution < -0.4 is 5.32 Å². The van der Waals surface area contributed by atoms with Gasteiger partial charge in [-0.05, 0) is 44.4 Å². The number of carbonyl (C=O) groups is 1. The summed E-state index contributed by atoms with van der Waals surface area (Å²) in [5, 5.41) is 12.0. The Morgan fingerprint density at radius 1 is 1.33 bits per heavy atom. The van der Waals surface area contributed by atoms with Crippen LogP contribution in [0.1, 0.15) is 32.3 Å². The average molecular weight is 253 g/mol. The Morgan fingerprint density at radius 3 is 2.50 bits per heavy atom. The molecule has 3 nitrogen and oxygen atoms in total. The van der Waals surface area contributed by atoms with Crippen molar-refractivity contribution in [1.82, 2.24) is 5.32 Å². The van der Waals surface area contributed by atoms with Gasteiger partial charge < -0.3 is 10.4 Å². The van der Waals surface area contributed by atoms with Crippen LogP contribution in [0.25, 0.3) is 0 Å². The van der Waals surface area contributed by atoms with E-state index in [1.807, 2.05) is 6.92 Å². The zero-order chi connectivity index (χ0) is 13.5. The predicted molar refractivity (Wildman–Crippen MR) is 68.6 cm³/mol. The molecule has 0 bridgehead atoms. The van der Waals surface area contributed by atoms with Crippen molar-refractivity contribution in [3.8, 4) is 0 Å². The van der Waals surface area contributed by atoms with Gasteiger partial charge in [-0.2, -0.15) is 0 Å². The number of aliphatic hydroxyl groups excluding tert-OH is 1. The molecule has 0 saturated heterocycles. The Hall–Kier alpha value is -1.42. The average Bonchev–Trinajstić information content (AvgIpc) is 2.27. The summed E-state index contributed by atoms with van der Waals surface area (Å²) in [5.41, 5.74) is 0.940. The fourth-order valence-electron chi connectivity index (χ4n) is 1.83. The zero-order valence-electron chi connectivity index (χ0n) is 10.8. The lowest BCUT2D eigenvalue weighted by Gasteiger charge is -2.15. The quantitative estimate of drug-likeness (QED) is 0.815. The Kier molecular flexibility index (Phi) is 5.78. The van der Waals surface area contributed by atoms with E-state index in [2.05, 4.69) is 5.32 Å². The summed E-state index contributed by atoms with van der Waals surface area (Å²) in [6.07, 6.45) is 1.09. The highest BCUT2D eigenvalue weighted by Crippen LogP contribution is 2.06. The van der Waals surface area contributed by atoms with E-state index in [0.717, 1.165) is 5.56 Å². The summed E-state index contributed by atoms with van der Waals surface area (Å²) in [4.78, 5) is 11.6. The number of amides is 1. The van der Waals surface area contributed by atoms with Crippen molar-refractivity contribution >= 4 is 5.91 Å². The topological polar surface area (TPSA) is 49.3 Å². The zero-order valence-corrected chi connectivity index (χ0v) is 10.8. The van der Waals surface area contributed by atoms with E-state index in [1.165, 1.54) is 12.1 Å². The minimum absolute atomic E-state index is 0.0364. The third kappa shape index (κ3) is 5.77. The number of rotatable bonds is 6. The molecule has 0 heterocycles. The molecule has 0 spiro atoms. The largest absolute Gasteiger partial charge is 0.393 e. The molecule has 2 N–H and O–H groups in total. The second-order valence-corrected chi connectivity index (χ2v) is 4.68. The van der Waals surface area contributed by atoms with Crippen molar-refractivity contribution in [3.05, 3.63) is 35.6 Å². The maximum atomic E-state index is 12.7. The SMILES string of the molecule is CC(O)CC(C)NC(=O)CCc1ccc(F)cc1. The number of halogens is 1. The first-order valence-electron chi connectivity index (χ1n) is 6.19. The maximum Gasteiger partial charge on any atom is 0.220 e. The number of aliphatic hydroxyl groups is 1. The van der Waals surface area contributed by atoms with Gasteiger partial charge in [0.05, 0.1) is 6.10 Å². The summed E-state index contributed by atoms with van der Waals surface area (Å²) >= 11 is 0. The smallest absolute Gasteiger partial charge is 0.220 e. The first-order chi connectivity index (χ1) is 8.47. The van der Waals surface area contributed by atoms with Crippen LogP contribution in [0.15, 0.2) is 24.3 Å². The molecule has 1 amide bonds. The molecule has 0 radical (unpaired) electrons. The van der Waals surface area contributed by atoms with Crippen molar-refractivity contribution in [1.29, 1.82) is 0 Å². The summed E-state index contributed by atoms with van der Waals surface area (Å²) in [5.74, 6) is -0.318.